The number of halogens is 2. The Labute approximate surface area is 158 Å². The lowest BCUT2D eigenvalue weighted by atomic mass is 10.1. The molecule has 0 fully saturated rings. The zero-order chi connectivity index (χ0) is 17.5. The van der Waals surface area contributed by atoms with Crippen LogP contribution in [0.3, 0.4) is 0 Å². The summed E-state index contributed by atoms with van der Waals surface area (Å²) in [5.41, 5.74) is 1.75. The normalized spacial score (nSPS) is 11.2. The second kappa shape index (κ2) is 8.85. The summed E-state index contributed by atoms with van der Waals surface area (Å²) in [6, 6.07) is 11.2. The third-order valence-electron chi connectivity index (χ3n) is 3.28. The molecule has 0 saturated heterocycles. The van der Waals surface area contributed by atoms with Crippen molar-refractivity contribution < 1.29 is 14.3 Å². The van der Waals surface area contributed by atoms with Crippen molar-refractivity contribution >= 4 is 49.8 Å². The van der Waals surface area contributed by atoms with Crippen molar-refractivity contribution in [3.05, 3.63) is 68.6 Å². The molecule has 0 saturated carbocycles. The number of ether oxygens (including phenoxy) is 2. The molecule has 2 aromatic carbocycles. The predicted octanol–water partition coefficient (Wildman–Crippen LogP) is 5.52. The summed E-state index contributed by atoms with van der Waals surface area (Å²) in [6.07, 6.45) is 6.54. The van der Waals surface area contributed by atoms with Crippen LogP contribution in [0.5, 0.6) is 11.5 Å². The molecule has 2 aromatic rings. The van der Waals surface area contributed by atoms with Crippen LogP contribution in [0.1, 0.15) is 11.1 Å². The number of benzene rings is 2. The van der Waals surface area contributed by atoms with Crippen LogP contribution in [0.25, 0.3) is 12.2 Å². The Kier molecular flexibility index (Phi) is 6.82. The summed E-state index contributed by atoms with van der Waals surface area (Å²) < 4.78 is 12.1. The monoisotopic (exact) mass is 450 g/mol. The zero-order valence-electron chi connectivity index (χ0n) is 13.3. The molecular weight excluding hydrogens is 436 g/mol. The van der Waals surface area contributed by atoms with Gasteiger partial charge in [0.1, 0.15) is 11.5 Å². The van der Waals surface area contributed by atoms with Crippen LogP contribution in [0.4, 0.5) is 0 Å². The van der Waals surface area contributed by atoms with Crippen LogP contribution < -0.4 is 9.47 Å². The van der Waals surface area contributed by atoms with Gasteiger partial charge in [0.05, 0.1) is 23.2 Å². The molecule has 0 radical (unpaired) electrons. The highest BCUT2D eigenvalue weighted by Crippen LogP contribution is 2.30. The first-order valence-corrected chi connectivity index (χ1v) is 8.70. The topological polar surface area (TPSA) is 35.5 Å². The summed E-state index contributed by atoms with van der Waals surface area (Å²) in [5.74, 6) is 1.33. The van der Waals surface area contributed by atoms with Gasteiger partial charge in [-0.25, -0.2) is 0 Å². The van der Waals surface area contributed by atoms with E-state index in [1.54, 1.807) is 26.4 Å². The Bertz CT molecular complexity index is 730. The van der Waals surface area contributed by atoms with Gasteiger partial charge in [0.2, 0.25) is 0 Å². The highest BCUT2D eigenvalue weighted by Gasteiger charge is 2.04. The van der Waals surface area contributed by atoms with Crippen LogP contribution in [-0.2, 0) is 4.79 Å². The molecule has 0 N–H and O–H groups in total. The Morgan fingerprint density at radius 3 is 1.62 bits per heavy atom. The van der Waals surface area contributed by atoms with Crippen molar-refractivity contribution in [3.63, 3.8) is 0 Å². The summed E-state index contributed by atoms with van der Waals surface area (Å²) >= 11 is 6.93. The van der Waals surface area contributed by atoms with E-state index in [0.717, 1.165) is 31.6 Å². The number of hydrogen-bond acceptors (Lipinski definition) is 3. The van der Waals surface area contributed by atoms with Crippen molar-refractivity contribution in [1.29, 1.82) is 0 Å². The van der Waals surface area contributed by atoms with E-state index in [0.29, 0.717) is 0 Å². The van der Waals surface area contributed by atoms with Gasteiger partial charge in [-0.2, -0.15) is 0 Å². The molecule has 0 aliphatic heterocycles. The van der Waals surface area contributed by atoms with Crippen LogP contribution >= 0.6 is 31.9 Å². The third kappa shape index (κ3) is 4.58. The molecule has 0 aromatic heterocycles. The summed E-state index contributed by atoms with van der Waals surface area (Å²) in [7, 11) is 3.21. The van der Waals surface area contributed by atoms with Crippen LogP contribution in [0.15, 0.2) is 57.5 Å². The lowest BCUT2D eigenvalue weighted by Gasteiger charge is -2.05. The minimum Gasteiger partial charge on any atom is -0.496 e. The van der Waals surface area contributed by atoms with Crippen LogP contribution in [0.2, 0.25) is 0 Å². The molecule has 0 unspecified atom stereocenters. The number of hydrogen-bond donors (Lipinski definition) is 0. The fourth-order valence-corrected chi connectivity index (χ4v) is 3.14. The molecule has 2 rings (SSSR count). The smallest absolute Gasteiger partial charge is 0.178 e. The molecular formula is C19H16Br2O3. The quantitative estimate of drug-likeness (QED) is 0.542. The van der Waals surface area contributed by atoms with Crippen molar-refractivity contribution in [2.45, 2.75) is 0 Å². The molecule has 0 aliphatic rings. The van der Waals surface area contributed by atoms with E-state index < -0.39 is 0 Å². The number of ketones is 1. The first-order chi connectivity index (χ1) is 11.6. The van der Waals surface area contributed by atoms with Crippen molar-refractivity contribution in [3.8, 4) is 11.5 Å². The SMILES string of the molecule is COc1cccc(C=CC(=O)C=Cc2cccc(OC)c2Br)c1Br. The maximum Gasteiger partial charge on any atom is 0.178 e. The molecule has 0 heterocycles. The maximum atomic E-state index is 12.1. The third-order valence-corrected chi connectivity index (χ3v) is 4.98. The molecule has 0 spiro atoms. The molecule has 0 bridgehead atoms. The number of rotatable bonds is 6. The maximum absolute atomic E-state index is 12.1. The second-order valence-corrected chi connectivity index (χ2v) is 6.38. The van der Waals surface area contributed by atoms with E-state index in [1.165, 1.54) is 12.2 Å². The zero-order valence-corrected chi connectivity index (χ0v) is 16.4. The van der Waals surface area contributed by atoms with Gasteiger partial charge < -0.3 is 9.47 Å². The van der Waals surface area contributed by atoms with E-state index in [1.807, 2.05) is 36.4 Å². The number of methoxy groups -OCH3 is 2. The van der Waals surface area contributed by atoms with Gasteiger partial charge in [0.15, 0.2) is 5.78 Å². The first-order valence-electron chi connectivity index (χ1n) is 7.12. The van der Waals surface area contributed by atoms with Gasteiger partial charge in [-0.05, 0) is 79.4 Å². The lowest BCUT2D eigenvalue weighted by molar-refractivity contribution is -0.110. The Balaban J connectivity index is 2.14. The minimum absolute atomic E-state index is 0.112. The van der Waals surface area contributed by atoms with Crippen LogP contribution in [0, 0.1) is 0 Å². The van der Waals surface area contributed by atoms with E-state index in [9.17, 15) is 4.79 Å². The average molecular weight is 452 g/mol. The van der Waals surface area contributed by atoms with Crippen molar-refractivity contribution in [2.24, 2.45) is 0 Å². The van der Waals surface area contributed by atoms with Gasteiger partial charge >= 0.3 is 0 Å². The Morgan fingerprint density at radius 1 is 0.833 bits per heavy atom. The number of carbonyl (C=O) groups is 1. The fraction of sp³-hybridized carbons (Fsp3) is 0.105. The number of allylic oxidation sites excluding steroid dienone is 2. The molecule has 0 aliphatic carbocycles. The van der Waals surface area contributed by atoms with E-state index in [4.69, 9.17) is 9.47 Å². The molecule has 24 heavy (non-hydrogen) atoms. The van der Waals surface area contributed by atoms with Gasteiger partial charge in [-0.3, -0.25) is 4.79 Å². The summed E-state index contributed by atoms with van der Waals surface area (Å²) in [6.45, 7) is 0. The average Bonchev–Trinajstić information content (AvgIpc) is 2.60. The van der Waals surface area contributed by atoms with Gasteiger partial charge in [0.25, 0.3) is 0 Å². The number of carbonyl (C=O) groups excluding carboxylic acids is 1. The van der Waals surface area contributed by atoms with Gasteiger partial charge in [-0.15, -0.1) is 0 Å². The minimum atomic E-state index is -0.112. The van der Waals surface area contributed by atoms with Crippen molar-refractivity contribution in [2.75, 3.05) is 14.2 Å². The molecule has 5 heteroatoms. The van der Waals surface area contributed by atoms with E-state index in [2.05, 4.69) is 31.9 Å². The highest BCUT2D eigenvalue weighted by molar-refractivity contribution is 9.11. The Hall–Kier alpha value is -1.85. The summed E-state index contributed by atoms with van der Waals surface area (Å²) in [4.78, 5) is 12.1. The standard InChI is InChI=1S/C19H16Br2O3/c1-23-16-7-3-5-13(18(16)20)9-11-15(22)12-10-14-6-4-8-17(24-2)19(14)21/h3-12H,1-2H3. The fourth-order valence-electron chi connectivity index (χ4n) is 2.03. The Morgan fingerprint density at radius 2 is 1.25 bits per heavy atom. The molecule has 3 nitrogen and oxygen atoms in total. The predicted molar refractivity (Wildman–Crippen MR) is 104 cm³/mol. The summed E-state index contributed by atoms with van der Waals surface area (Å²) in [5, 5.41) is 0. The molecule has 124 valence electrons. The largest absolute Gasteiger partial charge is 0.496 e. The van der Waals surface area contributed by atoms with Crippen LogP contribution in [-0.4, -0.2) is 20.0 Å². The van der Waals surface area contributed by atoms with Crippen molar-refractivity contribution in [1.82, 2.24) is 0 Å². The van der Waals surface area contributed by atoms with Gasteiger partial charge in [0, 0.05) is 0 Å². The van der Waals surface area contributed by atoms with E-state index >= 15 is 0 Å². The molecule has 0 amide bonds. The highest BCUT2D eigenvalue weighted by atomic mass is 79.9. The second-order valence-electron chi connectivity index (χ2n) is 4.80. The van der Waals surface area contributed by atoms with E-state index in [-0.39, 0.29) is 5.78 Å². The van der Waals surface area contributed by atoms with Gasteiger partial charge in [-0.1, -0.05) is 24.3 Å². The lowest BCUT2D eigenvalue weighted by Crippen LogP contribution is -1.89. The first kappa shape index (κ1) is 18.5. The molecule has 0 atom stereocenters.